The van der Waals surface area contributed by atoms with E-state index in [0.29, 0.717) is 17.9 Å². The van der Waals surface area contributed by atoms with Gasteiger partial charge in [-0.1, -0.05) is 32.1 Å². The number of carbonyl (C=O) groups is 2. The van der Waals surface area contributed by atoms with Gasteiger partial charge in [-0.25, -0.2) is 0 Å². The fourth-order valence-electron chi connectivity index (χ4n) is 2.53. The summed E-state index contributed by atoms with van der Waals surface area (Å²) >= 11 is 0. The normalized spacial score (nSPS) is 21.1. The van der Waals surface area contributed by atoms with Crippen molar-refractivity contribution in [1.82, 2.24) is 20.4 Å². The molecule has 0 bridgehead atoms. The van der Waals surface area contributed by atoms with E-state index in [0.717, 1.165) is 13.0 Å². The third-order valence-corrected chi connectivity index (χ3v) is 3.99. The maximum absolute atomic E-state index is 11.0. The number of rotatable bonds is 4. The van der Waals surface area contributed by atoms with Crippen molar-refractivity contribution in [3.05, 3.63) is 36.3 Å². The summed E-state index contributed by atoms with van der Waals surface area (Å²) in [5, 5.41) is 6.05. The van der Waals surface area contributed by atoms with Crippen LogP contribution in [-0.4, -0.2) is 75.7 Å². The molecule has 2 aliphatic rings. The van der Waals surface area contributed by atoms with Gasteiger partial charge in [0, 0.05) is 26.8 Å². The molecule has 29 heavy (non-hydrogen) atoms. The van der Waals surface area contributed by atoms with Crippen molar-refractivity contribution in [3.8, 4) is 0 Å². The molecule has 4 N–H and O–H groups in total. The summed E-state index contributed by atoms with van der Waals surface area (Å²) in [5.74, 6) is 0.525. The third-order valence-electron chi connectivity index (χ3n) is 3.99. The minimum absolute atomic E-state index is 0.0148. The summed E-state index contributed by atoms with van der Waals surface area (Å²) in [6, 6.07) is -0.0148. The SMILES string of the molecule is C=O.CC.CN/C(=C/N)C(=NC1/C=C/CN/C=C\C1)N(C)C=O.CN1CCCC1. The van der Waals surface area contributed by atoms with E-state index in [4.69, 9.17) is 10.5 Å². The molecule has 0 spiro atoms. The summed E-state index contributed by atoms with van der Waals surface area (Å²) in [6.07, 6.45) is 13.7. The van der Waals surface area contributed by atoms with Gasteiger partial charge in [0.2, 0.25) is 6.41 Å². The van der Waals surface area contributed by atoms with E-state index in [9.17, 15) is 4.79 Å². The smallest absolute Gasteiger partial charge is 0.215 e. The average molecular weight is 409 g/mol. The fourth-order valence-corrected chi connectivity index (χ4v) is 2.53. The first-order valence-corrected chi connectivity index (χ1v) is 10.0. The maximum Gasteiger partial charge on any atom is 0.215 e. The van der Waals surface area contributed by atoms with E-state index in [1.54, 1.807) is 14.1 Å². The monoisotopic (exact) mass is 408 g/mol. The zero-order valence-electron chi connectivity index (χ0n) is 18.7. The van der Waals surface area contributed by atoms with Crippen molar-refractivity contribution in [2.75, 3.05) is 40.8 Å². The molecule has 1 saturated heterocycles. The quantitative estimate of drug-likeness (QED) is 0.282. The number of nitrogens with one attached hydrogen (secondary N) is 2. The molecule has 2 rings (SSSR count). The first-order chi connectivity index (χ1) is 14.1. The van der Waals surface area contributed by atoms with E-state index in [-0.39, 0.29) is 6.04 Å². The Hall–Kier alpha value is -2.61. The maximum atomic E-state index is 11.0. The van der Waals surface area contributed by atoms with Crippen molar-refractivity contribution >= 4 is 19.0 Å². The number of amidine groups is 1. The zero-order valence-corrected chi connectivity index (χ0v) is 18.7. The van der Waals surface area contributed by atoms with Gasteiger partial charge in [-0.05, 0) is 45.6 Å². The predicted molar refractivity (Wildman–Crippen MR) is 122 cm³/mol. The largest absolute Gasteiger partial charge is 0.403 e. The van der Waals surface area contributed by atoms with Crippen LogP contribution in [-0.2, 0) is 9.59 Å². The van der Waals surface area contributed by atoms with Crippen LogP contribution in [0.25, 0.3) is 0 Å². The number of nitrogens with two attached hydrogens (primary N) is 1. The molecule has 0 radical (unpaired) electrons. The highest BCUT2D eigenvalue weighted by atomic mass is 16.1. The molecule has 0 saturated carbocycles. The summed E-state index contributed by atoms with van der Waals surface area (Å²) in [6.45, 7) is 9.41. The molecule has 2 aliphatic heterocycles. The highest BCUT2D eigenvalue weighted by Gasteiger charge is 2.13. The van der Waals surface area contributed by atoms with Gasteiger partial charge in [-0.15, -0.1) is 0 Å². The van der Waals surface area contributed by atoms with Crippen LogP contribution < -0.4 is 16.4 Å². The average Bonchev–Trinajstić information content (AvgIpc) is 3.23. The Balaban J connectivity index is 0. The molecular formula is C21H40N6O2. The topological polar surface area (TPSA) is 103 Å². The predicted octanol–water partition coefficient (Wildman–Crippen LogP) is 1.48. The van der Waals surface area contributed by atoms with Crippen LogP contribution in [0.3, 0.4) is 0 Å². The van der Waals surface area contributed by atoms with Gasteiger partial charge >= 0.3 is 0 Å². The van der Waals surface area contributed by atoms with Crippen LogP contribution in [0.1, 0.15) is 33.1 Å². The molecule has 0 aliphatic carbocycles. The Morgan fingerprint density at radius 1 is 1.31 bits per heavy atom. The standard InChI is InChI=1S/C13H21N5O.C5H11N.C2H6.CH2O/c1-15-12(9-14)13(18(2)10-19)17-11-5-3-7-16-8-4-6-11;1-6-4-2-3-5-6;2*1-2/h3-5,8-11,15-16H,6-7,14H2,1-2H3;2-5H2,1H3;1-2H3;1H2/b5-3+,8-4-,12-9+,17-13?;;;. The van der Waals surface area contributed by atoms with Gasteiger partial charge < -0.3 is 31.0 Å². The molecule has 1 atom stereocenters. The van der Waals surface area contributed by atoms with Crippen molar-refractivity contribution in [2.45, 2.75) is 39.2 Å². The first-order valence-electron chi connectivity index (χ1n) is 10.0. The molecule has 2 heterocycles. The molecule has 1 amide bonds. The Morgan fingerprint density at radius 3 is 2.38 bits per heavy atom. The molecule has 8 nitrogen and oxygen atoms in total. The number of likely N-dealkylation sites (N-methyl/N-ethyl adjacent to an activating group) is 2. The second kappa shape index (κ2) is 20.1. The second-order valence-electron chi connectivity index (χ2n) is 6.05. The number of hydrogen-bond donors (Lipinski definition) is 3. The number of amides is 1. The van der Waals surface area contributed by atoms with Crippen LogP contribution >= 0.6 is 0 Å². The lowest BCUT2D eigenvalue weighted by atomic mass is 10.1. The highest BCUT2D eigenvalue weighted by Crippen LogP contribution is 2.07. The number of hydrogen-bond acceptors (Lipinski definition) is 7. The Bertz CT molecular complexity index is 525. The Morgan fingerprint density at radius 2 is 1.93 bits per heavy atom. The van der Waals surface area contributed by atoms with E-state index in [2.05, 4.69) is 27.6 Å². The molecule has 0 aromatic heterocycles. The Kier molecular flexibility index (Phi) is 19.9. The molecule has 1 fully saturated rings. The van der Waals surface area contributed by atoms with E-state index in [1.165, 1.54) is 37.0 Å². The van der Waals surface area contributed by atoms with Crippen LogP contribution in [0.2, 0.25) is 0 Å². The Labute approximate surface area is 176 Å². The third kappa shape index (κ3) is 13.2. The minimum Gasteiger partial charge on any atom is -0.403 e. The summed E-state index contributed by atoms with van der Waals surface area (Å²) in [7, 11) is 5.56. The van der Waals surface area contributed by atoms with E-state index in [1.807, 2.05) is 45.1 Å². The van der Waals surface area contributed by atoms with Gasteiger partial charge in [-0.2, -0.15) is 0 Å². The van der Waals surface area contributed by atoms with Crippen LogP contribution in [0, 0.1) is 0 Å². The van der Waals surface area contributed by atoms with Gasteiger partial charge in [0.25, 0.3) is 0 Å². The van der Waals surface area contributed by atoms with Crippen molar-refractivity contribution in [1.29, 1.82) is 0 Å². The molecule has 8 heteroatoms. The highest BCUT2D eigenvalue weighted by molar-refractivity contribution is 6.02. The van der Waals surface area contributed by atoms with E-state index >= 15 is 0 Å². The lowest BCUT2D eigenvalue weighted by Crippen LogP contribution is -2.33. The van der Waals surface area contributed by atoms with E-state index < -0.39 is 0 Å². The first kappa shape index (κ1) is 28.6. The lowest BCUT2D eigenvalue weighted by molar-refractivity contribution is -0.114. The van der Waals surface area contributed by atoms with Crippen LogP contribution in [0.4, 0.5) is 0 Å². The van der Waals surface area contributed by atoms with Gasteiger partial charge in [0.15, 0.2) is 5.84 Å². The van der Waals surface area contributed by atoms with Crippen molar-refractivity contribution < 1.29 is 9.59 Å². The van der Waals surface area contributed by atoms with Crippen LogP contribution in [0.15, 0.2) is 41.3 Å². The number of aliphatic imine (C=N–C) groups is 1. The summed E-state index contributed by atoms with van der Waals surface area (Å²) in [5.41, 5.74) is 6.17. The lowest BCUT2D eigenvalue weighted by Gasteiger charge is -2.19. The number of carbonyl (C=O) groups excluding carboxylic acids is 2. The molecular weight excluding hydrogens is 368 g/mol. The molecule has 0 aromatic rings. The van der Waals surface area contributed by atoms with Gasteiger partial charge in [-0.3, -0.25) is 9.79 Å². The minimum atomic E-state index is -0.0148. The van der Waals surface area contributed by atoms with Crippen molar-refractivity contribution in [2.24, 2.45) is 10.7 Å². The molecule has 1 unspecified atom stereocenters. The number of likely N-dealkylation sites (tertiary alicyclic amines) is 1. The zero-order chi connectivity index (χ0) is 22.5. The van der Waals surface area contributed by atoms with Crippen molar-refractivity contribution in [3.63, 3.8) is 0 Å². The summed E-state index contributed by atoms with van der Waals surface area (Å²) < 4.78 is 0. The molecule has 166 valence electrons. The van der Waals surface area contributed by atoms with Gasteiger partial charge in [0.05, 0.1) is 11.7 Å². The summed E-state index contributed by atoms with van der Waals surface area (Å²) in [4.78, 5) is 27.3. The molecule has 0 aromatic carbocycles. The number of nitrogens with zero attached hydrogens (tertiary/aromatic N) is 3. The van der Waals surface area contributed by atoms with Gasteiger partial charge in [0.1, 0.15) is 6.79 Å². The fraction of sp³-hybridized carbons (Fsp3) is 0.571. The second-order valence-corrected chi connectivity index (χ2v) is 6.05. The van der Waals surface area contributed by atoms with Crippen LogP contribution in [0.5, 0.6) is 0 Å².